The molecule has 3 nitrogen and oxygen atoms in total. The number of halogens is 1. The van der Waals surface area contributed by atoms with Crippen LogP contribution in [0.2, 0.25) is 5.02 Å². The first-order valence-electron chi connectivity index (χ1n) is 6.59. The summed E-state index contributed by atoms with van der Waals surface area (Å²) in [4.78, 5) is 0. The van der Waals surface area contributed by atoms with Crippen LogP contribution in [-0.4, -0.2) is 19.9 Å². The molecule has 0 radical (unpaired) electrons. The predicted octanol–water partition coefficient (Wildman–Crippen LogP) is 3.17. The van der Waals surface area contributed by atoms with E-state index < -0.39 is 0 Å². The highest BCUT2D eigenvalue weighted by Crippen LogP contribution is 2.51. The SMILES string of the molecule is CCCNCC1CC1c1cc(Cl)c2c(c1)OCO2. The highest BCUT2D eigenvalue weighted by atomic mass is 35.5. The largest absolute Gasteiger partial charge is 0.454 e. The van der Waals surface area contributed by atoms with Crippen LogP contribution in [-0.2, 0) is 0 Å². The predicted molar refractivity (Wildman–Crippen MR) is 71.6 cm³/mol. The van der Waals surface area contributed by atoms with Crippen LogP contribution in [0.25, 0.3) is 0 Å². The Hall–Kier alpha value is -0.930. The lowest BCUT2D eigenvalue weighted by Gasteiger charge is -2.05. The molecule has 2 atom stereocenters. The van der Waals surface area contributed by atoms with E-state index in [1.807, 2.05) is 6.07 Å². The lowest BCUT2D eigenvalue weighted by molar-refractivity contribution is 0.174. The molecule has 1 aromatic carbocycles. The van der Waals surface area contributed by atoms with Gasteiger partial charge in [-0.05, 0) is 55.5 Å². The standard InChI is InChI=1S/C14H18ClNO2/c1-2-3-16-7-10-4-11(10)9-5-12(15)14-13(6-9)17-8-18-14/h5-6,10-11,16H,2-4,7-8H2,1H3. The number of nitrogens with one attached hydrogen (secondary N) is 1. The van der Waals surface area contributed by atoms with Crippen LogP contribution >= 0.6 is 11.6 Å². The molecule has 4 heteroatoms. The molecule has 0 amide bonds. The van der Waals surface area contributed by atoms with E-state index in [4.69, 9.17) is 21.1 Å². The quantitative estimate of drug-likeness (QED) is 0.832. The Balaban J connectivity index is 1.66. The van der Waals surface area contributed by atoms with Crippen molar-refractivity contribution in [2.45, 2.75) is 25.7 Å². The summed E-state index contributed by atoms with van der Waals surface area (Å²) in [6.07, 6.45) is 2.43. The molecular weight excluding hydrogens is 250 g/mol. The van der Waals surface area contributed by atoms with Crippen molar-refractivity contribution in [3.05, 3.63) is 22.7 Å². The fourth-order valence-corrected chi connectivity index (χ4v) is 2.82. The van der Waals surface area contributed by atoms with E-state index >= 15 is 0 Å². The highest BCUT2D eigenvalue weighted by Gasteiger charge is 2.38. The van der Waals surface area contributed by atoms with Crippen molar-refractivity contribution in [1.29, 1.82) is 0 Å². The first-order chi connectivity index (χ1) is 8.79. The van der Waals surface area contributed by atoms with Gasteiger partial charge in [0.2, 0.25) is 6.79 Å². The van der Waals surface area contributed by atoms with E-state index in [1.165, 1.54) is 18.4 Å². The first kappa shape index (κ1) is 12.1. The van der Waals surface area contributed by atoms with Crippen LogP contribution in [0, 0.1) is 5.92 Å². The third-order valence-corrected chi connectivity index (χ3v) is 3.91. The van der Waals surface area contributed by atoms with Gasteiger partial charge in [0.15, 0.2) is 11.5 Å². The van der Waals surface area contributed by atoms with Gasteiger partial charge in [-0.25, -0.2) is 0 Å². The van der Waals surface area contributed by atoms with Crippen molar-refractivity contribution in [3.63, 3.8) is 0 Å². The van der Waals surface area contributed by atoms with Gasteiger partial charge >= 0.3 is 0 Å². The summed E-state index contributed by atoms with van der Waals surface area (Å²) in [5.74, 6) is 2.86. The van der Waals surface area contributed by atoms with E-state index in [0.717, 1.165) is 24.8 Å². The van der Waals surface area contributed by atoms with Crippen molar-refractivity contribution >= 4 is 11.6 Å². The molecule has 0 bridgehead atoms. The number of benzene rings is 1. The average molecular weight is 268 g/mol. The summed E-state index contributed by atoms with van der Waals surface area (Å²) in [5.41, 5.74) is 1.28. The number of ether oxygens (including phenoxy) is 2. The van der Waals surface area contributed by atoms with Gasteiger partial charge in [0.1, 0.15) is 0 Å². The van der Waals surface area contributed by atoms with E-state index in [-0.39, 0.29) is 6.79 Å². The third kappa shape index (κ3) is 2.29. The van der Waals surface area contributed by atoms with Gasteiger partial charge < -0.3 is 14.8 Å². The van der Waals surface area contributed by atoms with Crippen molar-refractivity contribution in [2.75, 3.05) is 19.9 Å². The molecule has 1 aliphatic heterocycles. The topological polar surface area (TPSA) is 30.5 Å². The smallest absolute Gasteiger partial charge is 0.231 e. The van der Waals surface area contributed by atoms with Crippen molar-refractivity contribution < 1.29 is 9.47 Å². The minimum atomic E-state index is 0.282. The number of fused-ring (bicyclic) bond motifs is 1. The summed E-state index contributed by atoms with van der Waals surface area (Å²) in [7, 11) is 0. The molecular formula is C14H18ClNO2. The molecule has 1 heterocycles. The molecule has 1 saturated carbocycles. The molecule has 2 aliphatic rings. The van der Waals surface area contributed by atoms with E-state index in [9.17, 15) is 0 Å². The van der Waals surface area contributed by atoms with Crippen LogP contribution in [0.15, 0.2) is 12.1 Å². The fraction of sp³-hybridized carbons (Fsp3) is 0.571. The van der Waals surface area contributed by atoms with E-state index in [0.29, 0.717) is 16.7 Å². The monoisotopic (exact) mass is 267 g/mol. The number of rotatable bonds is 5. The Morgan fingerprint density at radius 3 is 3.11 bits per heavy atom. The van der Waals surface area contributed by atoms with E-state index in [2.05, 4.69) is 18.3 Å². The molecule has 0 saturated heterocycles. The molecule has 18 heavy (non-hydrogen) atoms. The minimum absolute atomic E-state index is 0.282. The van der Waals surface area contributed by atoms with Gasteiger partial charge in [-0.15, -0.1) is 0 Å². The summed E-state index contributed by atoms with van der Waals surface area (Å²) in [6, 6.07) is 4.11. The van der Waals surface area contributed by atoms with Crippen molar-refractivity contribution in [3.8, 4) is 11.5 Å². The molecule has 1 aliphatic carbocycles. The molecule has 98 valence electrons. The second-order valence-electron chi connectivity index (χ2n) is 5.04. The maximum absolute atomic E-state index is 6.20. The highest BCUT2D eigenvalue weighted by molar-refractivity contribution is 6.32. The van der Waals surface area contributed by atoms with Gasteiger partial charge in [0, 0.05) is 0 Å². The summed E-state index contributed by atoms with van der Waals surface area (Å²) in [5, 5.41) is 4.15. The Morgan fingerprint density at radius 1 is 1.39 bits per heavy atom. The van der Waals surface area contributed by atoms with Crippen LogP contribution in [0.5, 0.6) is 11.5 Å². The summed E-state index contributed by atoms with van der Waals surface area (Å²) >= 11 is 6.20. The molecule has 1 N–H and O–H groups in total. The van der Waals surface area contributed by atoms with Crippen LogP contribution in [0.1, 0.15) is 31.2 Å². The average Bonchev–Trinajstić information content (AvgIpc) is 2.96. The maximum atomic E-state index is 6.20. The van der Waals surface area contributed by atoms with Gasteiger partial charge in [0.05, 0.1) is 5.02 Å². The van der Waals surface area contributed by atoms with Gasteiger partial charge in [-0.1, -0.05) is 18.5 Å². The van der Waals surface area contributed by atoms with Crippen LogP contribution in [0.3, 0.4) is 0 Å². The fourth-order valence-electron chi connectivity index (χ4n) is 2.55. The zero-order valence-electron chi connectivity index (χ0n) is 10.5. The Labute approximate surface area is 112 Å². The van der Waals surface area contributed by atoms with Gasteiger partial charge in [-0.3, -0.25) is 0 Å². The number of hydrogen-bond donors (Lipinski definition) is 1. The van der Waals surface area contributed by atoms with E-state index in [1.54, 1.807) is 0 Å². The number of hydrogen-bond acceptors (Lipinski definition) is 3. The summed E-state index contributed by atoms with van der Waals surface area (Å²) in [6.45, 7) is 4.68. The van der Waals surface area contributed by atoms with Gasteiger partial charge in [0.25, 0.3) is 0 Å². The zero-order chi connectivity index (χ0) is 12.5. The molecule has 0 aromatic heterocycles. The van der Waals surface area contributed by atoms with Gasteiger partial charge in [-0.2, -0.15) is 0 Å². The lowest BCUT2D eigenvalue weighted by Crippen LogP contribution is -2.17. The normalized spacial score (nSPS) is 24.3. The van der Waals surface area contributed by atoms with Crippen molar-refractivity contribution in [2.24, 2.45) is 5.92 Å². The molecule has 2 unspecified atom stereocenters. The van der Waals surface area contributed by atoms with Crippen LogP contribution < -0.4 is 14.8 Å². The third-order valence-electron chi connectivity index (χ3n) is 3.63. The molecule has 1 fully saturated rings. The minimum Gasteiger partial charge on any atom is -0.454 e. The Morgan fingerprint density at radius 2 is 2.28 bits per heavy atom. The lowest BCUT2D eigenvalue weighted by atomic mass is 10.1. The Kier molecular flexibility index (Phi) is 3.35. The maximum Gasteiger partial charge on any atom is 0.231 e. The summed E-state index contributed by atoms with van der Waals surface area (Å²) < 4.78 is 10.7. The Bertz CT molecular complexity index is 450. The first-order valence-corrected chi connectivity index (χ1v) is 6.97. The molecule has 0 spiro atoms. The molecule has 3 rings (SSSR count). The zero-order valence-corrected chi connectivity index (χ0v) is 11.3. The van der Waals surface area contributed by atoms with Crippen LogP contribution in [0.4, 0.5) is 0 Å². The molecule has 1 aromatic rings. The van der Waals surface area contributed by atoms with Crippen molar-refractivity contribution in [1.82, 2.24) is 5.32 Å². The second kappa shape index (κ2) is 4.98. The second-order valence-corrected chi connectivity index (χ2v) is 5.45.